The van der Waals surface area contributed by atoms with Gasteiger partial charge in [-0.25, -0.2) is 4.98 Å². The van der Waals surface area contributed by atoms with Crippen LogP contribution >= 0.6 is 0 Å². The van der Waals surface area contributed by atoms with Crippen molar-refractivity contribution in [2.24, 2.45) is 0 Å². The zero-order valence-corrected chi connectivity index (χ0v) is 17.6. The number of piperidine rings is 1. The third-order valence-electron chi connectivity index (χ3n) is 5.51. The summed E-state index contributed by atoms with van der Waals surface area (Å²) >= 11 is 0. The van der Waals surface area contributed by atoms with E-state index in [2.05, 4.69) is 30.7 Å². The Morgan fingerprint density at radius 1 is 1.23 bits per heavy atom. The molecule has 164 valence electrons. The van der Waals surface area contributed by atoms with E-state index in [1.54, 1.807) is 25.4 Å². The summed E-state index contributed by atoms with van der Waals surface area (Å²) < 4.78 is 11.1. The fraction of sp³-hybridized carbons (Fsp3) is 0.476. The maximum atomic E-state index is 12.4. The topological polar surface area (TPSA) is 119 Å². The van der Waals surface area contributed by atoms with Gasteiger partial charge in [-0.3, -0.25) is 9.59 Å². The van der Waals surface area contributed by atoms with Crippen LogP contribution in [0.4, 0.5) is 5.82 Å². The highest BCUT2D eigenvalue weighted by molar-refractivity contribution is 5.96. The largest absolute Gasteiger partial charge is 0.489 e. The molecule has 0 aliphatic carbocycles. The molecule has 4 heterocycles. The summed E-state index contributed by atoms with van der Waals surface area (Å²) in [7, 11) is 1.58. The molecular formula is C21H26N6O4. The van der Waals surface area contributed by atoms with Gasteiger partial charge in [0, 0.05) is 38.5 Å². The number of aromatic nitrogens is 3. The Hall–Kier alpha value is -3.43. The lowest BCUT2D eigenvalue weighted by Crippen LogP contribution is -2.41. The van der Waals surface area contributed by atoms with Crippen molar-refractivity contribution in [2.75, 3.05) is 31.6 Å². The van der Waals surface area contributed by atoms with Crippen molar-refractivity contribution in [1.82, 2.24) is 25.8 Å². The number of ether oxygens (including phenoxy) is 2. The minimum atomic E-state index is -0.505. The monoisotopic (exact) mass is 426 g/mol. The number of methoxy groups -OCH3 is 1. The van der Waals surface area contributed by atoms with Gasteiger partial charge < -0.3 is 25.0 Å². The molecular weight excluding hydrogens is 400 g/mol. The maximum absolute atomic E-state index is 12.4. The SMILES string of the molecule is COc1ccc(OC2CCN(c3nnc(C(=O)NC4CCNC4=O)cc3C)CC2)cn1. The van der Waals surface area contributed by atoms with Crippen molar-refractivity contribution < 1.29 is 19.1 Å². The summed E-state index contributed by atoms with van der Waals surface area (Å²) in [4.78, 5) is 30.4. The zero-order valence-electron chi connectivity index (χ0n) is 17.6. The molecule has 1 atom stereocenters. The normalized spacial score (nSPS) is 19.1. The average molecular weight is 426 g/mol. The van der Waals surface area contributed by atoms with Gasteiger partial charge in [0.05, 0.1) is 13.3 Å². The Morgan fingerprint density at radius 2 is 2.03 bits per heavy atom. The Kier molecular flexibility index (Phi) is 6.15. The summed E-state index contributed by atoms with van der Waals surface area (Å²) in [6, 6.07) is 4.85. The van der Waals surface area contributed by atoms with E-state index in [4.69, 9.17) is 9.47 Å². The molecule has 10 heteroatoms. The minimum absolute atomic E-state index is 0.0994. The molecule has 2 aliphatic heterocycles. The lowest BCUT2D eigenvalue weighted by Gasteiger charge is -2.33. The molecule has 0 radical (unpaired) electrons. The zero-order chi connectivity index (χ0) is 21.8. The van der Waals surface area contributed by atoms with Gasteiger partial charge in [-0.2, -0.15) is 0 Å². The minimum Gasteiger partial charge on any atom is -0.489 e. The quantitative estimate of drug-likeness (QED) is 0.698. The molecule has 2 saturated heterocycles. The average Bonchev–Trinajstić information content (AvgIpc) is 3.19. The molecule has 2 aliphatic rings. The van der Waals surface area contributed by atoms with Gasteiger partial charge in [-0.1, -0.05) is 0 Å². The molecule has 2 aromatic rings. The molecule has 2 fully saturated rings. The molecule has 2 aromatic heterocycles. The molecule has 4 rings (SSSR count). The lowest BCUT2D eigenvalue weighted by molar-refractivity contribution is -0.120. The van der Waals surface area contributed by atoms with Crippen LogP contribution in [0.15, 0.2) is 24.4 Å². The second-order valence-electron chi connectivity index (χ2n) is 7.68. The summed E-state index contributed by atoms with van der Waals surface area (Å²) in [5.74, 6) is 1.50. The molecule has 0 bridgehead atoms. The summed E-state index contributed by atoms with van der Waals surface area (Å²) in [6.07, 6.45) is 4.03. The van der Waals surface area contributed by atoms with Crippen LogP contribution < -0.4 is 25.0 Å². The van der Waals surface area contributed by atoms with Gasteiger partial charge in [-0.15, -0.1) is 10.2 Å². The molecule has 2 N–H and O–H groups in total. The van der Waals surface area contributed by atoms with Crippen molar-refractivity contribution in [3.8, 4) is 11.6 Å². The number of carbonyl (C=O) groups excluding carboxylic acids is 2. The van der Waals surface area contributed by atoms with Crippen LogP contribution in [0.3, 0.4) is 0 Å². The van der Waals surface area contributed by atoms with Crippen molar-refractivity contribution in [2.45, 2.75) is 38.3 Å². The first-order valence-corrected chi connectivity index (χ1v) is 10.4. The van der Waals surface area contributed by atoms with E-state index in [1.165, 1.54) is 0 Å². The van der Waals surface area contributed by atoms with Crippen LogP contribution in [0.25, 0.3) is 0 Å². The predicted octanol–water partition coefficient (Wildman–Crippen LogP) is 0.855. The van der Waals surface area contributed by atoms with E-state index in [9.17, 15) is 9.59 Å². The number of hydrogen-bond donors (Lipinski definition) is 2. The van der Waals surface area contributed by atoms with Crippen LogP contribution in [0, 0.1) is 6.92 Å². The third kappa shape index (κ3) is 4.84. The summed E-state index contributed by atoms with van der Waals surface area (Å²) in [5.41, 5.74) is 1.08. The first kappa shape index (κ1) is 20.8. The summed E-state index contributed by atoms with van der Waals surface area (Å²) in [5, 5.41) is 13.8. The van der Waals surface area contributed by atoms with Gasteiger partial charge in [0.1, 0.15) is 17.9 Å². The van der Waals surface area contributed by atoms with Gasteiger partial charge in [0.25, 0.3) is 5.91 Å². The van der Waals surface area contributed by atoms with Crippen molar-refractivity contribution in [3.05, 3.63) is 35.7 Å². The molecule has 2 amide bonds. The first-order valence-electron chi connectivity index (χ1n) is 10.4. The van der Waals surface area contributed by atoms with Gasteiger partial charge in [-0.05, 0) is 31.0 Å². The standard InChI is InChI=1S/C21H26N6O4/c1-13-11-17(21(29)24-16-5-8-22-20(16)28)25-26-19(13)27-9-6-14(7-10-27)31-15-3-4-18(30-2)23-12-15/h3-4,11-12,14,16H,5-10H2,1-2H3,(H,22,28)(H,24,29). The second-order valence-corrected chi connectivity index (χ2v) is 7.68. The number of carbonyl (C=O) groups is 2. The number of nitrogens with zero attached hydrogens (tertiary/aromatic N) is 4. The van der Waals surface area contributed by atoms with E-state index in [-0.39, 0.29) is 23.6 Å². The fourth-order valence-electron chi connectivity index (χ4n) is 3.80. The van der Waals surface area contributed by atoms with Crippen LogP contribution in [0.2, 0.25) is 0 Å². The Bertz CT molecular complexity index is 943. The predicted molar refractivity (Wildman–Crippen MR) is 112 cm³/mol. The lowest BCUT2D eigenvalue weighted by atomic mass is 10.1. The number of nitrogens with one attached hydrogen (secondary N) is 2. The van der Waals surface area contributed by atoms with Crippen LogP contribution in [0.1, 0.15) is 35.3 Å². The van der Waals surface area contributed by atoms with Crippen molar-refractivity contribution in [1.29, 1.82) is 0 Å². The Labute approximate surface area is 180 Å². The highest BCUT2D eigenvalue weighted by Crippen LogP contribution is 2.24. The number of pyridine rings is 1. The highest BCUT2D eigenvalue weighted by atomic mass is 16.5. The van der Waals surface area contributed by atoms with Crippen LogP contribution in [0.5, 0.6) is 11.6 Å². The van der Waals surface area contributed by atoms with Crippen molar-refractivity contribution >= 4 is 17.6 Å². The van der Waals surface area contributed by atoms with Gasteiger partial charge in [0.2, 0.25) is 11.8 Å². The molecule has 31 heavy (non-hydrogen) atoms. The molecule has 0 saturated carbocycles. The smallest absolute Gasteiger partial charge is 0.272 e. The number of hydrogen-bond acceptors (Lipinski definition) is 8. The number of aryl methyl sites for hydroxylation is 1. The second kappa shape index (κ2) is 9.15. The van der Waals surface area contributed by atoms with E-state index in [0.717, 1.165) is 43.1 Å². The molecule has 0 aromatic carbocycles. The highest BCUT2D eigenvalue weighted by Gasteiger charge is 2.27. The van der Waals surface area contributed by atoms with Crippen LogP contribution in [-0.2, 0) is 4.79 Å². The van der Waals surface area contributed by atoms with E-state index in [1.807, 2.05) is 13.0 Å². The molecule has 10 nitrogen and oxygen atoms in total. The fourth-order valence-corrected chi connectivity index (χ4v) is 3.80. The van der Waals surface area contributed by atoms with E-state index < -0.39 is 6.04 Å². The first-order chi connectivity index (χ1) is 15.0. The van der Waals surface area contributed by atoms with Crippen LogP contribution in [-0.4, -0.2) is 65.9 Å². The van der Waals surface area contributed by atoms with Gasteiger partial charge >= 0.3 is 0 Å². The summed E-state index contributed by atoms with van der Waals surface area (Å²) in [6.45, 7) is 4.03. The molecule has 1 unspecified atom stereocenters. The van der Waals surface area contributed by atoms with E-state index in [0.29, 0.717) is 18.8 Å². The number of anilines is 1. The maximum Gasteiger partial charge on any atom is 0.272 e. The Morgan fingerprint density at radius 3 is 2.65 bits per heavy atom. The number of amides is 2. The molecule has 0 spiro atoms. The van der Waals surface area contributed by atoms with Crippen molar-refractivity contribution in [3.63, 3.8) is 0 Å². The third-order valence-corrected chi connectivity index (χ3v) is 5.51. The Balaban J connectivity index is 1.32. The number of rotatable bonds is 6. The van der Waals surface area contributed by atoms with E-state index >= 15 is 0 Å². The van der Waals surface area contributed by atoms with Gasteiger partial charge in [0.15, 0.2) is 11.5 Å².